The minimum Gasteiger partial charge on any atom is -0.486 e. The standard InChI is InChI=1S/C15H14O4/c1-2-12-11(5-6-17-12)15(16)10-3-4-13-14(9-10)19-8-7-18-13/h3-6,9H,2,7-8H2,1H3. The van der Waals surface area contributed by atoms with E-state index in [0.717, 1.165) is 0 Å². The summed E-state index contributed by atoms with van der Waals surface area (Å²) in [6, 6.07) is 6.96. The van der Waals surface area contributed by atoms with Crippen LogP contribution < -0.4 is 9.47 Å². The molecule has 1 aromatic carbocycles. The number of hydrogen-bond acceptors (Lipinski definition) is 4. The topological polar surface area (TPSA) is 48.7 Å². The molecular weight excluding hydrogens is 244 g/mol. The van der Waals surface area contributed by atoms with Gasteiger partial charge in [-0.25, -0.2) is 0 Å². The van der Waals surface area contributed by atoms with Gasteiger partial charge in [0.2, 0.25) is 0 Å². The molecule has 0 N–H and O–H groups in total. The van der Waals surface area contributed by atoms with Gasteiger partial charge < -0.3 is 13.9 Å². The van der Waals surface area contributed by atoms with Crippen molar-refractivity contribution in [3.63, 3.8) is 0 Å². The van der Waals surface area contributed by atoms with Crippen molar-refractivity contribution in [3.8, 4) is 11.5 Å². The zero-order valence-electron chi connectivity index (χ0n) is 10.6. The Bertz CT molecular complexity index is 612. The molecule has 98 valence electrons. The van der Waals surface area contributed by atoms with Gasteiger partial charge in [0.1, 0.15) is 19.0 Å². The first-order chi connectivity index (χ1) is 9.29. The average Bonchev–Trinajstić information content (AvgIpc) is 2.94. The first-order valence-electron chi connectivity index (χ1n) is 6.30. The Hall–Kier alpha value is -2.23. The van der Waals surface area contributed by atoms with Crippen molar-refractivity contribution >= 4 is 5.78 Å². The number of hydrogen-bond donors (Lipinski definition) is 0. The summed E-state index contributed by atoms with van der Waals surface area (Å²) < 4.78 is 16.2. The maximum Gasteiger partial charge on any atom is 0.196 e. The molecule has 0 radical (unpaired) electrons. The smallest absolute Gasteiger partial charge is 0.196 e. The van der Waals surface area contributed by atoms with E-state index >= 15 is 0 Å². The lowest BCUT2D eigenvalue weighted by Gasteiger charge is -2.18. The van der Waals surface area contributed by atoms with Gasteiger partial charge in [-0.2, -0.15) is 0 Å². The van der Waals surface area contributed by atoms with Crippen molar-refractivity contribution < 1.29 is 18.7 Å². The van der Waals surface area contributed by atoms with Crippen molar-refractivity contribution in [1.82, 2.24) is 0 Å². The minimum atomic E-state index is -0.0532. The van der Waals surface area contributed by atoms with E-state index in [9.17, 15) is 4.79 Å². The highest BCUT2D eigenvalue weighted by molar-refractivity contribution is 6.09. The van der Waals surface area contributed by atoms with E-state index in [1.807, 2.05) is 6.92 Å². The summed E-state index contributed by atoms with van der Waals surface area (Å²) in [5.41, 5.74) is 1.19. The van der Waals surface area contributed by atoms with Gasteiger partial charge in [-0.1, -0.05) is 6.92 Å². The predicted molar refractivity (Wildman–Crippen MR) is 69.0 cm³/mol. The van der Waals surface area contributed by atoms with E-state index in [1.54, 1.807) is 30.5 Å². The number of fused-ring (bicyclic) bond motifs is 1. The Kier molecular flexibility index (Phi) is 2.99. The van der Waals surface area contributed by atoms with Crippen LogP contribution in [-0.2, 0) is 6.42 Å². The Balaban J connectivity index is 1.96. The average molecular weight is 258 g/mol. The Morgan fingerprint density at radius 2 is 1.95 bits per heavy atom. The lowest BCUT2D eigenvalue weighted by molar-refractivity contribution is 0.103. The minimum absolute atomic E-state index is 0.0532. The van der Waals surface area contributed by atoms with E-state index < -0.39 is 0 Å². The SMILES string of the molecule is CCc1occc1C(=O)c1ccc2c(c1)OCCO2. The first-order valence-corrected chi connectivity index (χ1v) is 6.30. The fraction of sp³-hybridized carbons (Fsp3) is 0.267. The van der Waals surface area contributed by atoms with Crippen LogP contribution >= 0.6 is 0 Å². The maximum absolute atomic E-state index is 12.4. The van der Waals surface area contributed by atoms with Gasteiger partial charge in [0.05, 0.1) is 11.8 Å². The van der Waals surface area contributed by atoms with Crippen molar-refractivity contribution in [1.29, 1.82) is 0 Å². The highest BCUT2D eigenvalue weighted by atomic mass is 16.6. The van der Waals surface area contributed by atoms with Gasteiger partial charge in [-0.15, -0.1) is 0 Å². The third-order valence-electron chi connectivity index (χ3n) is 3.12. The highest BCUT2D eigenvalue weighted by Crippen LogP contribution is 2.31. The second-order valence-corrected chi connectivity index (χ2v) is 4.30. The van der Waals surface area contributed by atoms with E-state index in [-0.39, 0.29) is 5.78 Å². The van der Waals surface area contributed by atoms with E-state index in [4.69, 9.17) is 13.9 Å². The van der Waals surface area contributed by atoms with Gasteiger partial charge in [0.25, 0.3) is 0 Å². The predicted octanol–water partition coefficient (Wildman–Crippen LogP) is 2.84. The van der Waals surface area contributed by atoms with Crippen LogP contribution in [0.15, 0.2) is 34.9 Å². The van der Waals surface area contributed by atoms with Crippen LogP contribution in [0.5, 0.6) is 11.5 Å². The molecule has 2 heterocycles. The second kappa shape index (κ2) is 4.80. The van der Waals surface area contributed by atoms with Crippen LogP contribution in [0.4, 0.5) is 0 Å². The number of aryl methyl sites for hydroxylation is 1. The quantitative estimate of drug-likeness (QED) is 0.794. The Morgan fingerprint density at radius 3 is 2.74 bits per heavy atom. The number of ketones is 1. The van der Waals surface area contributed by atoms with Gasteiger partial charge in [-0.3, -0.25) is 4.79 Å². The van der Waals surface area contributed by atoms with E-state index in [0.29, 0.717) is 48.0 Å². The lowest BCUT2D eigenvalue weighted by atomic mass is 10.0. The van der Waals surface area contributed by atoms with Crippen molar-refractivity contribution in [3.05, 3.63) is 47.4 Å². The van der Waals surface area contributed by atoms with Crippen LogP contribution in [0.2, 0.25) is 0 Å². The normalized spacial score (nSPS) is 13.3. The van der Waals surface area contributed by atoms with E-state index in [2.05, 4.69) is 0 Å². The summed E-state index contributed by atoms with van der Waals surface area (Å²) in [5.74, 6) is 1.96. The lowest BCUT2D eigenvalue weighted by Crippen LogP contribution is -2.16. The molecule has 19 heavy (non-hydrogen) atoms. The molecule has 1 aromatic heterocycles. The number of rotatable bonds is 3. The molecule has 0 bridgehead atoms. The zero-order valence-corrected chi connectivity index (χ0v) is 10.6. The number of carbonyl (C=O) groups excluding carboxylic acids is 1. The Labute approximate surface area is 110 Å². The molecule has 0 amide bonds. The summed E-state index contributed by atoms with van der Waals surface area (Å²) in [4.78, 5) is 12.4. The monoisotopic (exact) mass is 258 g/mol. The number of benzene rings is 1. The fourth-order valence-corrected chi connectivity index (χ4v) is 2.16. The second-order valence-electron chi connectivity index (χ2n) is 4.30. The summed E-state index contributed by atoms with van der Waals surface area (Å²) in [5, 5.41) is 0. The van der Waals surface area contributed by atoms with Crippen LogP contribution in [-0.4, -0.2) is 19.0 Å². The third-order valence-corrected chi connectivity index (χ3v) is 3.12. The summed E-state index contributed by atoms with van der Waals surface area (Å²) >= 11 is 0. The largest absolute Gasteiger partial charge is 0.486 e. The molecule has 4 heteroatoms. The summed E-state index contributed by atoms with van der Waals surface area (Å²) in [6.07, 6.45) is 2.24. The molecule has 0 spiro atoms. The number of furan rings is 1. The van der Waals surface area contributed by atoms with Gasteiger partial charge in [0.15, 0.2) is 17.3 Å². The first kappa shape index (κ1) is 11.8. The van der Waals surface area contributed by atoms with Crippen LogP contribution in [0.1, 0.15) is 28.6 Å². The van der Waals surface area contributed by atoms with Gasteiger partial charge >= 0.3 is 0 Å². The van der Waals surface area contributed by atoms with Gasteiger partial charge in [-0.05, 0) is 24.3 Å². The summed E-state index contributed by atoms with van der Waals surface area (Å²) in [7, 11) is 0. The van der Waals surface area contributed by atoms with Crippen molar-refractivity contribution in [2.75, 3.05) is 13.2 Å². The molecule has 3 rings (SSSR count). The van der Waals surface area contributed by atoms with Crippen molar-refractivity contribution in [2.45, 2.75) is 13.3 Å². The van der Waals surface area contributed by atoms with Crippen molar-refractivity contribution in [2.24, 2.45) is 0 Å². The molecule has 2 aromatic rings. The molecule has 1 aliphatic heterocycles. The molecule has 1 aliphatic rings. The molecule has 0 saturated carbocycles. The number of ether oxygens (including phenoxy) is 2. The molecule has 0 aliphatic carbocycles. The number of carbonyl (C=O) groups is 1. The molecule has 0 atom stereocenters. The highest BCUT2D eigenvalue weighted by Gasteiger charge is 2.19. The molecule has 4 nitrogen and oxygen atoms in total. The zero-order chi connectivity index (χ0) is 13.2. The van der Waals surface area contributed by atoms with Crippen LogP contribution in [0.3, 0.4) is 0 Å². The Morgan fingerprint density at radius 1 is 1.16 bits per heavy atom. The maximum atomic E-state index is 12.4. The van der Waals surface area contributed by atoms with Gasteiger partial charge in [0, 0.05) is 12.0 Å². The van der Waals surface area contributed by atoms with Crippen LogP contribution in [0.25, 0.3) is 0 Å². The van der Waals surface area contributed by atoms with E-state index in [1.165, 1.54) is 0 Å². The summed E-state index contributed by atoms with van der Waals surface area (Å²) in [6.45, 7) is 3.01. The molecular formula is C15H14O4. The molecule has 0 fully saturated rings. The molecule has 0 unspecified atom stereocenters. The third kappa shape index (κ3) is 2.10. The van der Waals surface area contributed by atoms with Crippen LogP contribution in [0, 0.1) is 0 Å². The molecule has 0 saturated heterocycles. The fourth-order valence-electron chi connectivity index (χ4n) is 2.16.